The summed E-state index contributed by atoms with van der Waals surface area (Å²) in [4.78, 5) is 27.8. The van der Waals surface area contributed by atoms with E-state index in [0.29, 0.717) is 11.3 Å². The summed E-state index contributed by atoms with van der Waals surface area (Å²) < 4.78 is 11.7. The third kappa shape index (κ3) is 13.2. The van der Waals surface area contributed by atoms with Crippen LogP contribution in [0.2, 0.25) is 0 Å². The Hall–Kier alpha value is -4.12. The summed E-state index contributed by atoms with van der Waals surface area (Å²) in [5.41, 5.74) is 3.57. The molecule has 4 aromatic carbocycles. The van der Waals surface area contributed by atoms with Gasteiger partial charge in [-0.3, -0.25) is 4.79 Å². The van der Waals surface area contributed by atoms with Crippen LogP contribution in [0.4, 0.5) is 0 Å². The molecule has 0 saturated carbocycles. The van der Waals surface area contributed by atoms with Gasteiger partial charge in [0.15, 0.2) is 0 Å². The van der Waals surface area contributed by atoms with Crippen molar-refractivity contribution < 1.29 is 19.1 Å². The van der Waals surface area contributed by atoms with Crippen LogP contribution in [0.5, 0.6) is 11.5 Å². The second-order valence-electron chi connectivity index (χ2n) is 14.2. The van der Waals surface area contributed by atoms with Gasteiger partial charge in [-0.25, -0.2) is 4.79 Å². The molecule has 0 unspecified atom stereocenters. The average molecular weight is 692 g/mol. The maximum absolute atomic E-state index is 13.0. The molecule has 0 fully saturated rings. The number of likely N-dealkylation sites (N-methyl/N-ethyl adjacent to an activating group) is 1. The Bertz CT molecular complexity index is 1610. The van der Waals surface area contributed by atoms with Gasteiger partial charge in [0.2, 0.25) is 5.91 Å². The first-order chi connectivity index (χ1) is 24.9. The van der Waals surface area contributed by atoms with E-state index in [9.17, 15) is 9.59 Å². The smallest absolute Gasteiger partial charge is 0.343 e. The molecule has 1 amide bonds. The summed E-state index contributed by atoms with van der Waals surface area (Å²) in [7, 11) is 1.89. The molecule has 0 radical (unpaired) electrons. The zero-order valence-corrected chi connectivity index (χ0v) is 31.8. The summed E-state index contributed by atoms with van der Waals surface area (Å²) >= 11 is 0. The first kappa shape index (κ1) is 39.7. The normalized spacial score (nSPS) is 11.8. The van der Waals surface area contributed by atoms with Crippen LogP contribution < -0.4 is 9.47 Å². The molecule has 1 atom stereocenters. The molecule has 0 aliphatic carbocycles. The SMILES string of the molecule is CCCCCCCCCCCCCCOc1ccc(-c2ccc(C(=O)Oc3ccc4cc([C@H](C)C(=O)N(C)CCCCC)ccc4c3)cc2)cc1. The van der Waals surface area contributed by atoms with E-state index in [2.05, 4.69) is 32.0 Å². The maximum Gasteiger partial charge on any atom is 0.343 e. The van der Waals surface area contributed by atoms with Crippen molar-refractivity contribution in [1.82, 2.24) is 4.90 Å². The van der Waals surface area contributed by atoms with Gasteiger partial charge in [0.25, 0.3) is 0 Å². The highest BCUT2D eigenvalue weighted by atomic mass is 16.5. The molecule has 5 nitrogen and oxygen atoms in total. The maximum atomic E-state index is 13.0. The number of carbonyl (C=O) groups is 2. The number of esters is 1. The molecule has 4 aromatic rings. The number of ether oxygens (including phenoxy) is 2. The molecule has 5 heteroatoms. The summed E-state index contributed by atoms with van der Waals surface area (Å²) in [5.74, 6) is 0.893. The zero-order valence-electron chi connectivity index (χ0n) is 31.8. The van der Waals surface area contributed by atoms with E-state index in [1.807, 2.05) is 73.5 Å². The molecule has 4 rings (SSSR count). The van der Waals surface area contributed by atoms with E-state index in [1.54, 1.807) is 12.1 Å². The van der Waals surface area contributed by atoms with Crippen LogP contribution in [0.15, 0.2) is 84.9 Å². The summed E-state index contributed by atoms with van der Waals surface area (Å²) in [6.45, 7) is 7.94. The number of benzene rings is 4. The molecule has 0 aliphatic rings. The number of amides is 1. The van der Waals surface area contributed by atoms with Crippen molar-refractivity contribution in [3.05, 3.63) is 96.1 Å². The topological polar surface area (TPSA) is 55.8 Å². The fraction of sp³-hybridized carbons (Fsp3) is 0.478. The van der Waals surface area contributed by atoms with Gasteiger partial charge in [0.05, 0.1) is 18.1 Å². The van der Waals surface area contributed by atoms with Gasteiger partial charge < -0.3 is 14.4 Å². The van der Waals surface area contributed by atoms with E-state index in [1.165, 1.54) is 70.6 Å². The van der Waals surface area contributed by atoms with Crippen molar-refractivity contribution in [3.8, 4) is 22.6 Å². The van der Waals surface area contributed by atoms with Crippen molar-refractivity contribution >= 4 is 22.6 Å². The molecule has 0 spiro atoms. The lowest BCUT2D eigenvalue weighted by Gasteiger charge is -2.22. The standard InChI is InChI=1S/C46H61NO4/c1-5-7-9-10-11-12-13-14-15-16-17-19-33-50-43-29-26-38(27-30-43)37-20-22-39(23-21-37)46(49)51-44-31-28-41-34-40(24-25-42(41)35-44)36(3)45(48)47(4)32-18-8-6-2/h20-31,34-36H,5-19,32-33H2,1-4H3/t36-/m0/s1. The molecule has 0 heterocycles. The van der Waals surface area contributed by atoms with Gasteiger partial charge in [-0.05, 0) is 83.6 Å². The average Bonchev–Trinajstić information content (AvgIpc) is 3.16. The van der Waals surface area contributed by atoms with Gasteiger partial charge in [-0.1, -0.05) is 146 Å². The summed E-state index contributed by atoms with van der Waals surface area (Å²) in [5, 5.41) is 1.96. The van der Waals surface area contributed by atoms with Crippen molar-refractivity contribution in [2.45, 2.75) is 123 Å². The van der Waals surface area contributed by atoms with Crippen LogP contribution in [-0.2, 0) is 4.79 Å². The van der Waals surface area contributed by atoms with Crippen LogP contribution >= 0.6 is 0 Å². The molecule has 0 bridgehead atoms. The van der Waals surface area contributed by atoms with Gasteiger partial charge in [-0.15, -0.1) is 0 Å². The van der Waals surface area contributed by atoms with Crippen molar-refractivity contribution in [3.63, 3.8) is 0 Å². The van der Waals surface area contributed by atoms with Crippen molar-refractivity contribution in [2.24, 2.45) is 0 Å². The Morgan fingerprint density at radius 1 is 0.588 bits per heavy atom. The fourth-order valence-corrected chi connectivity index (χ4v) is 6.60. The van der Waals surface area contributed by atoms with Crippen molar-refractivity contribution in [2.75, 3.05) is 20.2 Å². The number of hydrogen-bond donors (Lipinski definition) is 0. The predicted octanol–water partition coefficient (Wildman–Crippen LogP) is 12.6. The number of unbranched alkanes of at least 4 members (excludes halogenated alkanes) is 13. The lowest BCUT2D eigenvalue weighted by molar-refractivity contribution is -0.131. The second-order valence-corrected chi connectivity index (χ2v) is 14.2. The van der Waals surface area contributed by atoms with Gasteiger partial charge in [-0.2, -0.15) is 0 Å². The number of carbonyl (C=O) groups excluding carboxylic acids is 2. The zero-order chi connectivity index (χ0) is 36.3. The minimum atomic E-state index is -0.399. The van der Waals surface area contributed by atoms with Gasteiger partial charge in [0, 0.05) is 13.6 Å². The second kappa shape index (κ2) is 22.0. The van der Waals surface area contributed by atoms with Crippen LogP contribution in [0.1, 0.15) is 139 Å². The summed E-state index contributed by atoms with van der Waals surface area (Å²) in [6, 6.07) is 27.3. The first-order valence-electron chi connectivity index (χ1n) is 19.7. The third-order valence-corrected chi connectivity index (χ3v) is 9.96. The van der Waals surface area contributed by atoms with E-state index in [0.717, 1.165) is 72.0 Å². The Morgan fingerprint density at radius 3 is 1.73 bits per heavy atom. The van der Waals surface area contributed by atoms with Crippen LogP contribution in [0.25, 0.3) is 21.9 Å². The molecule has 274 valence electrons. The molecular formula is C46H61NO4. The third-order valence-electron chi connectivity index (χ3n) is 9.96. The summed E-state index contributed by atoms with van der Waals surface area (Å²) in [6.07, 6.45) is 19.3. The van der Waals surface area contributed by atoms with Crippen LogP contribution in [0.3, 0.4) is 0 Å². The molecule has 0 aliphatic heterocycles. The van der Waals surface area contributed by atoms with E-state index in [-0.39, 0.29) is 11.8 Å². The minimum Gasteiger partial charge on any atom is -0.494 e. The quantitative estimate of drug-likeness (QED) is 0.0441. The minimum absolute atomic E-state index is 0.133. The van der Waals surface area contributed by atoms with Gasteiger partial charge in [0.1, 0.15) is 11.5 Å². The van der Waals surface area contributed by atoms with E-state index >= 15 is 0 Å². The highest BCUT2D eigenvalue weighted by Crippen LogP contribution is 2.28. The van der Waals surface area contributed by atoms with E-state index < -0.39 is 5.97 Å². The number of nitrogens with zero attached hydrogens (tertiary/aromatic N) is 1. The molecule has 51 heavy (non-hydrogen) atoms. The fourth-order valence-electron chi connectivity index (χ4n) is 6.60. The Balaban J connectivity index is 1.19. The molecular weight excluding hydrogens is 631 g/mol. The largest absolute Gasteiger partial charge is 0.494 e. The first-order valence-corrected chi connectivity index (χ1v) is 19.7. The predicted molar refractivity (Wildman–Crippen MR) is 213 cm³/mol. The Kier molecular flexibility index (Phi) is 17.1. The number of rotatable bonds is 23. The van der Waals surface area contributed by atoms with Crippen LogP contribution in [-0.4, -0.2) is 37.0 Å². The number of fused-ring (bicyclic) bond motifs is 1. The lowest BCUT2D eigenvalue weighted by atomic mass is 9.96. The van der Waals surface area contributed by atoms with E-state index in [4.69, 9.17) is 9.47 Å². The highest BCUT2D eigenvalue weighted by Gasteiger charge is 2.19. The Labute approximate surface area is 307 Å². The number of hydrogen-bond acceptors (Lipinski definition) is 4. The molecule has 0 aromatic heterocycles. The monoisotopic (exact) mass is 691 g/mol. The lowest BCUT2D eigenvalue weighted by Crippen LogP contribution is -2.31. The Morgan fingerprint density at radius 2 is 1.10 bits per heavy atom. The highest BCUT2D eigenvalue weighted by molar-refractivity contribution is 5.93. The van der Waals surface area contributed by atoms with Crippen molar-refractivity contribution in [1.29, 1.82) is 0 Å². The molecule has 0 N–H and O–H groups in total. The van der Waals surface area contributed by atoms with Gasteiger partial charge >= 0.3 is 5.97 Å². The molecule has 0 saturated heterocycles. The van der Waals surface area contributed by atoms with Crippen LogP contribution in [0, 0.1) is 0 Å².